The van der Waals surface area contributed by atoms with Gasteiger partial charge in [0, 0.05) is 5.69 Å². The highest BCUT2D eigenvalue weighted by atomic mass is 35.5. The largest absolute Gasteiger partial charge is 0.280 e. The lowest BCUT2D eigenvalue weighted by Crippen LogP contribution is -2.13. The summed E-state index contributed by atoms with van der Waals surface area (Å²) in [6.07, 6.45) is 2.33. The zero-order valence-electron chi connectivity index (χ0n) is 10.4. The van der Waals surface area contributed by atoms with E-state index in [4.69, 9.17) is 11.6 Å². The average molecular weight is 298 g/mol. The molecular formula is C12H12ClN3O2S. The molecular weight excluding hydrogens is 286 g/mol. The fraction of sp³-hybridized carbons (Fsp3) is 0.167. The molecule has 0 fully saturated rings. The SMILES string of the molecule is Cc1cc(C)cc(NS(=O)(=O)c2cnc(Cl)nc2)c1. The molecule has 0 saturated carbocycles. The number of aryl methyl sites for hydroxylation is 2. The molecule has 100 valence electrons. The summed E-state index contributed by atoms with van der Waals surface area (Å²) < 4.78 is 26.7. The van der Waals surface area contributed by atoms with Crippen molar-refractivity contribution in [3.8, 4) is 0 Å². The van der Waals surface area contributed by atoms with Gasteiger partial charge in [-0.3, -0.25) is 4.72 Å². The molecule has 0 saturated heterocycles. The molecule has 0 aliphatic rings. The highest BCUT2D eigenvalue weighted by Crippen LogP contribution is 2.18. The quantitative estimate of drug-likeness (QED) is 0.884. The molecule has 0 spiro atoms. The molecule has 0 amide bonds. The monoisotopic (exact) mass is 297 g/mol. The number of halogens is 1. The van der Waals surface area contributed by atoms with Crippen LogP contribution in [0, 0.1) is 13.8 Å². The molecule has 1 heterocycles. The molecule has 0 aliphatic carbocycles. The fourth-order valence-corrected chi connectivity index (χ4v) is 2.71. The van der Waals surface area contributed by atoms with Crippen molar-refractivity contribution in [2.75, 3.05) is 4.72 Å². The van der Waals surface area contributed by atoms with E-state index >= 15 is 0 Å². The molecule has 7 heteroatoms. The topological polar surface area (TPSA) is 72.0 Å². The van der Waals surface area contributed by atoms with E-state index in [2.05, 4.69) is 14.7 Å². The van der Waals surface area contributed by atoms with Gasteiger partial charge in [-0.2, -0.15) is 0 Å². The van der Waals surface area contributed by atoms with Crippen molar-refractivity contribution in [3.63, 3.8) is 0 Å². The van der Waals surface area contributed by atoms with E-state index in [-0.39, 0.29) is 10.2 Å². The van der Waals surface area contributed by atoms with Crippen LogP contribution in [0.25, 0.3) is 0 Å². The van der Waals surface area contributed by atoms with Crippen molar-refractivity contribution in [1.82, 2.24) is 9.97 Å². The molecule has 0 bridgehead atoms. The first-order valence-electron chi connectivity index (χ1n) is 5.45. The minimum Gasteiger partial charge on any atom is -0.280 e. The van der Waals surface area contributed by atoms with E-state index < -0.39 is 10.0 Å². The molecule has 0 unspecified atom stereocenters. The first-order chi connectivity index (χ1) is 8.87. The van der Waals surface area contributed by atoms with E-state index in [0.717, 1.165) is 11.1 Å². The molecule has 1 aromatic heterocycles. The molecule has 2 rings (SSSR count). The third-order valence-corrected chi connectivity index (χ3v) is 3.91. The molecule has 1 aromatic carbocycles. The van der Waals surface area contributed by atoms with Crippen molar-refractivity contribution >= 4 is 27.3 Å². The molecule has 0 aliphatic heterocycles. The highest BCUT2D eigenvalue weighted by molar-refractivity contribution is 7.92. The fourth-order valence-electron chi connectivity index (χ4n) is 1.69. The van der Waals surface area contributed by atoms with Crippen LogP contribution >= 0.6 is 11.6 Å². The van der Waals surface area contributed by atoms with Gasteiger partial charge in [0.05, 0.1) is 12.4 Å². The summed E-state index contributed by atoms with van der Waals surface area (Å²) in [4.78, 5) is 7.28. The maximum absolute atomic E-state index is 12.1. The standard InChI is InChI=1S/C12H12ClN3O2S/c1-8-3-9(2)5-10(4-8)16-19(17,18)11-6-14-12(13)15-7-11/h3-7,16H,1-2H3. The van der Waals surface area contributed by atoms with E-state index in [1.165, 1.54) is 12.4 Å². The van der Waals surface area contributed by atoms with Gasteiger partial charge in [-0.25, -0.2) is 18.4 Å². The smallest absolute Gasteiger partial charge is 0.264 e. The third-order valence-electron chi connectivity index (χ3n) is 2.38. The Morgan fingerprint density at radius 3 is 2.11 bits per heavy atom. The Balaban J connectivity index is 2.33. The van der Waals surface area contributed by atoms with Crippen LogP contribution in [0.4, 0.5) is 5.69 Å². The molecule has 19 heavy (non-hydrogen) atoms. The van der Waals surface area contributed by atoms with Crippen molar-refractivity contribution in [3.05, 3.63) is 47.0 Å². The van der Waals surface area contributed by atoms with E-state index in [9.17, 15) is 8.42 Å². The lowest BCUT2D eigenvalue weighted by molar-refractivity contribution is 0.600. The summed E-state index contributed by atoms with van der Waals surface area (Å²) in [5.74, 6) is 0. The summed E-state index contributed by atoms with van der Waals surface area (Å²) in [6, 6.07) is 5.46. The maximum Gasteiger partial charge on any atom is 0.264 e. The number of hydrogen-bond acceptors (Lipinski definition) is 4. The van der Waals surface area contributed by atoms with Crippen LogP contribution in [-0.2, 0) is 10.0 Å². The number of rotatable bonds is 3. The van der Waals surface area contributed by atoms with Gasteiger partial charge >= 0.3 is 0 Å². The Hall–Kier alpha value is -1.66. The lowest BCUT2D eigenvalue weighted by Gasteiger charge is -2.09. The van der Waals surface area contributed by atoms with Crippen LogP contribution in [0.5, 0.6) is 0 Å². The Morgan fingerprint density at radius 2 is 1.58 bits per heavy atom. The van der Waals surface area contributed by atoms with E-state index in [0.29, 0.717) is 5.69 Å². The molecule has 1 N–H and O–H groups in total. The van der Waals surface area contributed by atoms with Gasteiger partial charge in [-0.15, -0.1) is 0 Å². The molecule has 0 radical (unpaired) electrons. The summed E-state index contributed by atoms with van der Waals surface area (Å²) >= 11 is 5.53. The summed E-state index contributed by atoms with van der Waals surface area (Å²) in [6.45, 7) is 3.80. The van der Waals surface area contributed by atoms with Gasteiger partial charge in [0.15, 0.2) is 0 Å². The molecule has 0 atom stereocenters. The number of anilines is 1. The van der Waals surface area contributed by atoms with Crippen molar-refractivity contribution in [1.29, 1.82) is 0 Å². The molecule has 2 aromatic rings. The van der Waals surface area contributed by atoms with Crippen molar-refractivity contribution in [2.45, 2.75) is 18.7 Å². The minimum atomic E-state index is -3.70. The third kappa shape index (κ3) is 3.42. The van der Waals surface area contributed by atoms with Gasteiger partial charge in [0.1, 0.15) is 4.90 Å². The van der Waals surface area contributed by atoms with Crippen LogP contribution in [0.15, 0.2) is 35.5 Å². The van der Waals surface area contributed by atoms with Crippen LogP contribution in [0.2, 0.25) is 5.28 Å². The minimum absolute atomic E-state index is 0.00495. The number of nitrogens with one attached hydrogen (secondary N) is 1. The summed E-state index contributed by atoms with van der Waals surface area (Å²) in [5.41, 5.74) is 2.46. The second-order valence-electron chi connectivity index (χ2n) is 4.17. The number of nitrogens with zero attached hydrogens (tertiary/aromatic N) is 2. The van der Waals surface area contributed by atoms with Gasteiger partial charge in [-0.05, 0) is 48.7 Å². The van der Waals surface area contributed by atoms with Crippen molar-refractivity contribution in [2.24, 2.45) is 0 Å². The maximum atomic E-state index is 12.1. The van der Waals surface area contributed by atoms with E-state index in [1.54, 1.807) is 12.1 Å². The Morgan fingerprint density at radius 1 is 1.05 bits per heavy atom. The second kappa shape index (κ2) is 5.14. The number of sulfonamides is 1. The van der Waals surface area contributed by atoms with Crippen LogP contribution in [0.1, 0.15) is 11.1 Å². The van der Waals surface area contributed by atoms with Gasteiger partial charge in [0.25, 0.3) is 10.0 Å². The predicted octanol–water partition coefficient (Wildman–Crippen LogP) is 2.55. The molecule has 5 nitrogen and oxygen atoms in total. The number of aromatic nitrogens is 2. The zero-order chi connectivity index (χ0) is 14.0. The van der Waals surface area contributed by atoms with Gasteiger partial charge in [-0.1, -0.05) is 6.07 Å². The summed E-state index contributed by atoms with van der Waals surface area (Å²) in [7, 11) is -3.70. The first kappa shape index (κ1) is 13.8. The lowest BCUT2D eigenvalue weighted by atomic mass is 10.1. The van der Waals surface area contributed by atoms with Gasteiger partial charge < -0.3 is 0 Å². The zero-order valence-corrected chi connectivity index (χ0v) is 12.0. The Bertz CT molecular complexity index is 679. The number of hydrogen-bond donors (Lipinski definition) is 1. The van der Waals surface area contributed by atoms with Crippen molar-refractivity contribution < 1.29 is 8.42 Å². The predicted molar refractivity (Wildman–Crippen MR) is 73.8 cm³/mol. The Labute approximate surface area is 116 Å². The van der Waals surface area contributed by atoms with E-state index in [1.807, 2.05) is 19.9 Å². The van der Waals surface area contributed by atoms with Crippen LogP contribution in [0.3, 0.4) is 0 Å². The van der Waals surface area contributed by atoms with Crippen LogP contribution < -0.4 is 4.72 Å². The second-order valence-corrected chi connectivity index (χ2v) is 6.19. The first-order valence-corrected chi connectivity index (χ1v) is 7.31. The normalized spacial score (nSPS) is 11.3. The van der Waals surface area contributed by atoms with Crippen LogP contribution in [-0.4, -0.2) is 18.4 Å². The average Bonchev–Trinajstić information content (AvgIpc) is 2.27. The number of benzene rings is 1. The Kier molecular flexibility index (Phi) is 3.73. The van der Waals surface area contributed by atoms with Gasteiger partial charge in [0.2, 0.25) is 5.28 Å². The highest BCUT2D eigenvalue weighted by Gasteiger charge is 2.15. The summed E-state index contributed by atoms with van der Waals surface area (Å²) in [5, 5.41) is 0.00495.